The van der Waals surface area contributed by atoms with Crippen molar-refractivity contribution in [1.82, 2.24) is 4.31 Å². The fourth-order valence-corrected chi connectivity index (χ4v) is 4.87. The fraction of sp³-hybridized carbons (Fsp3) is 1.00. The summed E-state index contributed by atoms with van der Waals surface area (Å²) in [6, 6.07) is 0. The Morgan fingerprint density at radius 3 is 1.92 bits per heavy atom. The van der Waals surface area contributed by atoms with Crippen LogP contribution in [-0.2, 0) is 0 Å². The molecule has 0 aromatic heterocycles. The van der Waals surface area contributed by atoms with E-state index in [0.717, 1.165) is 0 Å². The van der Waals surface area contributed by atoms with Crippen molar-refractivity contribution in [1.29, 1.82) is 0 Å². The second-order valence-corrected chi connectivity index (χ2v) is 7.82. The zero-order chi connectivity index (χ0) is 10.1. The number of nitrogens with zero attached hydrogens (tertiary/aromatic N) is 1. The highest BCUT2D eigenvalue weighted by atomic mass is 33.5. The molecule has 0 atom stereocenters. The Hall–Kier alpha value is 1.01. The lowest BCUT2D eigenvalue weighted by atomic mass is 9.83. The third kappa shape index (κ3) is 2.74. The zero-order valence-corrected chi connectivity index (χ0v) is 11.4. The first kappa shape index (κ1) is 12.1. The topological polar surface area (TPSA) is 3.24 Å². The minimum Gasteiger partial charge on any atom is -0.229 e. The molecular formula is C9H19NS3. The molecule has 1 rings (SSSR count). The Balaban J connectivity index is 2.78. The second-order valence-electron chi connectivity index (χ2n) is 4.92. The van der Waals surface area contributed by atoms with Gasteiger partial charge in [0.15, 0.2) is 0 Å². The van der Waals surface area contributed by atoms with Gasteiger partial charge in [-0.25, -0.2) is 4.31 Å². The fourth-order valence-electron chi connectivity index (χ4n) is 2.21. The lowest BCUT2D eigenvalue weighted by Gasteiger charge is -2.51. The van der Waals surface area contributed by atoms with Crippen LogP contribution in [0.4, 0.5) is 0 Å². The van der Waals surface area contributed by atoms with Crippen molar-refractivity contribution in [2.45, 2.75) is 58.0 Å². The first-order valence-corrected chi connectivity index (χ1v) is 7.85. The smallest absolute Gasteiger partial charge is 0.0271 e. The lowest BCUT2D eigenvalue weighted by molar-refractivity contribution is 0.0694. The van der Waals surface area contributed by atoms with E-state index in [9.17, 15) is 0 Å². The molecule has 0 saturated carbocycles. The summed E-state index contributed by atoms with van der Waals surface area (Å²) in [5, 5.41) is 0. The van der Waals surface area contributed by atoms with Gasteiger partial charge >= 0.3 is 0 Å². The molecule has 1 aliphatic rings. The molecule has 0 bridgehead atoms. The summed E-state index contributed by atoms with van der Waals surface area (Å²) in [5.41, 5.74) is 0.615. The van der Waals surface area contributed by atoms with Crippen molar-refractivity contribution in [2.75, 3.05) is 0 Å². The lowest BCUT2D eigenvalue weighted by Crippen LogP contribution is -2.54. The SMILES string of the molecule is CC1(C)CCCC(C)(C)N1SSS. The molecule has 1 nitrogen and oxygen atoms in total. The third-order valence-electron chi connectivity index (χ3n) is 2.78. The van der Waals surface area contributed by atoms with Crippen molar-refractivity contribution in [3.05, 3.63) is 0 Å². The van der Waals surface area contributed by atoms with Crippen molar-refractivity contribution < 1.29 is 0 Å². The highest BCUT2D eigenvalue weighted by Gasteiger charge is 2.41. The highest BCUT2D eigenvalue weighted by Crippen LogP contribution is 2.47. The number of piperidine rings is 1. The van der Waals surface area contributed by atoms with Crippen molar-refractivity contribution in [2.24, 2.45) is 0 Å². The Kier molecular flexibility index (Phi) is 3.95. The maximum Gasteiger partial charge on any atom is 0.0271 e. The Morgan fingerprint density at radius 2 is 1.54 bits per heavy atom. The molecule has 0 amide bonds. The molecule has 0 aromatic rings. The van der Waals surface area contributed by atoms with Crippen LogP contribution >= 0.6 is 32.5 Å². The van der Waals surface area contributed by atoms with E-state index in [1.54, 1.807) is 20.8 Å². The molecular weight excluding hydrogens is 218 g/mol. The van der Waals surface area contributed by atoms with Gasteiger partial charge in [-0.2, -0.15) is 0 Å². The third-order valence-corrected chi connectivity index (χ3v) is 5.24. The van der Waals surface area contributed by atoms with Crippen LogP contribution < -0.4 is 0 Å². The standard InChI is InChI=1S/C9H19NS3/c1-8(2)6-5-7-9(3,4)10(8)12-13-11/h11H,5-7H2,1-4H3. The molecule has 0 unspecified atom stereocenters. The normalized spacial score (nSPS) is 27.5. The van der Waals surface area contributed by atoms with Crippen molar-refractivity contribution in [3.63, 3.8) is 0 Å². The minimum atomic E-state index is 0.308. The van der Waals surface area contributed by atoms with Crippen LogP contribution in [0.5, 0.6) is 0 Å². The van der Waals surface area contributed by atoms with Crippen molar-refractivity contribution >= 4 is 32.5 Å². The molecule has 0 aromatic carbocycles. The van der Waals surface area contributed by atoms with Gasteiger partial charge in [0, 0.05) is 22.1 Å². The van der Waals surface area contributed by atoms with Crippen LogP contribution in [0.15, 0.2) is 0 Å². The Labute approximate surface area is 94.7 Å². The quantitative estimate of drug-likeness (QED) is 0.436. The molecule has 0 radical (unpaired) electrons. The first-order chi connectivity index (χ1) is 5.90. The van der Waals surface area contributed by atoms with Gasteiger partial charge in [0.2, 0.25) is 0 Å². The van der Waals surface area contributed by atoms with Crippen LogP contribution in [0.25, 0.3) is 0 Å². The largest absolute Gasteiger partial charge is 0.229 e. The predicted octanol–water partition coefficient (Wildman–Crippen LogP) is 4.17. The summed E-state index contributed by atoms with van der Waals surface area (Å²) < 4.78 is 2.50. The summed E-state index contributed by atoms with van der Waals surface area (Å²) >= 11 is 4.22. The van der Waals surface area contributed by atoms with Gasteiger partial charge in [-0.1, -0.05) is 11.7 Å². The summed E-state index contributed by atoms with van der Waals surface area (Å²) in [4.78, 5) is 0. The van der Waals surface area contributed by atoms with Crippen LogP contribution in [0.3, 0.4) is 0 Å². The molecule has 4 heteroatoms. The second kappa shape index (κ2) is 4.25. The van der Waals surface area contributed by atoms with E-state index in [0.29, 0.717) is 11.1 Å². The molecule has 1 fully saturated rings. The van der Waals surface area contributed by atoms with Gasteiger partial charge in [-0.3, -0.25) is 0 Å². The van der Waals surface area contributed by atoms with Gasteiger partial charge in [-0.15, -0.1) is 0 Å². The van der Waals surface area contributed by atoms with Crippen LogP contribution in [0.1, 0.15) is 47.0 Å². The van der Waals surface area contributed by atoms with E-state index in [1.807, 2.05) is 0 Å². The van der Waals surface area contributed by atoms with E-state index in [-0.39, 0.29) is 0 Å². The Morgan fingerprint density at radius 1 is 1.08 bits per heavy atom. The first-order valence-electron chi connectivity index (χ1n) is 4.69. The van der Waals surface area contributed by atoms with Crippen LogP contribution in [0, 0.1) is 0 Å². The highest BCUT2D eigenvalue weighted by molar-refractivity contribution is 9.04. The number of rotatable bonds is 2. The summed E-state index contributed by atoms with van der Waals surface area (Å²) in [7, 11) is 3.33. The number of hydrogen-bond acceptors (Lipinski definition) is 4. The summed E-state index contributed by atoms with van der Waals surface area (Å²) in [6.07, 6.45) is 3.92. The average molecular weight is 237 g/mol. The van der Waals surface area contributed by atoms with Crippen LogP contribution in [0.2, 0.25) is 0 Å². The van der Waals surface area contributed by atoms with Gasteiger partial charge < -0.3 is 0 Å². The maximum absolute atomic E-state index is 4.22. The molecule has 1 aliphatic heterocycles. The van der Waals surface area contributed by atoms with Gasteiger partial charge in [0.25, 0.3) is 0 Å². The van der Waals surface area contributed by atoms with Crippen LogP contribution in [-0.4, -0.2) is 15.4 Å². The molecule has 0 spiro atoms. The molecule has 0 N–H and O–H groups in total. The van der Waals surface area contributed by atoms with E-state index < -0.39 is 0 Å². The summed E-state index contributed by atoms with van der Waals surface area (Å²) in [6.45, 7) is 9.30. The maximum atomic E-state index is 4.22. The predicted molar refractivity (Wildman–Crippen MR) is 68.0 cm³/mol. The van der Waals surface area contributed by atoms with Crippen molar-refractivity contribution in [3.8, 4) is 0 Å². The Bertz CT molecular complexity index is 164. The molecule has 78 valence electrons. The molecule has 0 aliphatic carbocycles. The molecule has 1 saturated heterocycles. The van der Waals surface area contributed by atoms with Gasteiger partial charge in [-0.05, 0) is 56.8 Å². The van der Waals surface area contributed by atoms with E-state index in [2.05, 4.69) is 43.7 Å². The molecule has 1 heterocycles. The van der Waals surface area contributed by atoms with E-state index in [4.69, 9.17) is 0 Å². The zero-order valence-electron chi connectivity index (χ0n) is 8.83. The van der Waals surface area contributed by atoms with Gasteiger partial charge in [0.05, 0.1) is 0 Å². The monoisotopic (exact) mass is 237 g/mol. The van der Waals surface area contributed by atoms with E-state index >= 15 is 0 Å². The minimum absolute atomic E-state index is 0.308. The summed E-state index contributed by atoms with van der Waals surface area (Å²) in [5.74, 6) is 0. The number of thiol groups is 1. The van der Waals surface area contributed by atoms with E-state index in [1.165, 1.54) is 19.3 Å². The average Bonchev–Trinajstić information content (AvgIpc) is 1.96. The molecule has 13 heavy (non-hydrogen) atoms. The number of hydrogen-bond donors (Lipinski definition) is 1. The van der Waals surface area contributed by atoms with Gasteiger partial charge in [0.1, 0.15) is 0 Å².